The van der Waals surface area contributed by atoms with Gasteiger partial charge in [-0.1, -0.05) is 13.0 Å². The first-order chi connectivity index (χ1) is 8.31. The van der Waals surface area contributed by atoms with Gasteiger partial charge in [0.15, 0.2) is 0 Å². The Labute approximate surface area is 101 Å². The van der Waals surface area contributed by atoms with Gasteiger partial charge in [0, 0.05) is 18.4 Å². The number of halogens is 1. The van der Waals surface area contributed by atoms with E-state index in [2.05, 4.69) is 16.8 Å². The van der Waals surface area contributed by atoms with Crippen molar-refractivity contribution in [1.82, 2.24) is 4.98 Å². The summed E-state index contributed by atoms with van der Waals surface area (Å²) < 4.78 is 12.9. The number of pyridine rings is 1. The van der Waals surface area contributed by atoms with Gasteiger partial charge in [0.05, 0.1) is 0 Å². The van der Waals surface area contributed by atoms with Crippen LogP contribution in [0.1, 0.15) is 13.3 Å². The van der Waals surface area contributed by atoms with Crippen molar-refractivity contribution in [2.24, 2.45) is 0 Å². The summed E-state index contributed by atoms with van der Waals surface area (Å²) >= 11 is 0. The second-order valence-corrected chi connectivity index (χ2v) is 3.82. The van der Waals surface area contributed by atoms with E-state index < -0.39 is 0 Å². The van der Waals surface area contributed by atoms with Crippen LogP contribution in [-0.2, 0) is 0 Å². The minimum absolute atomic E-state index is 0.216. The molecule has 0 N–H and O–H groups in total. The fraction of sp³-hybridized carbons (Fsp3) is 0.214. The molecule has 88 valence electrons. The van der Waals surface area contributed by atoms with Crippen molar-refractivity contribution in [2.45, 2.75) is 13.3 Å². The van der Waals surface area contributed by atoms with Gasteiger partial charge in [0.1, 0.15) is 11.6 Å². The maximum absolute atomic E-state index is 12.9. The van der Waals surface area contributed by atoms with Crippen LogP contribution in [0, 0.1) is 5.82 Å². The lowest BCUT2D eigenvalue weighted by Gasteiger charge is -2.23. The highest BCUT2D eigenvalue weighted by atomic mass is 19.1. The lowest BCUT2D eigenvalue weighted by Crippen LogP contribution is -2.18. The molecule has 2 aromatic rings. The number of hydrogen-bond donors (Lipinski definition) is 0. The molecule has 2 nitrogen and oxygen atoms in total. The standard InChI is InChI=1S/C14H15FN2/c1-2-11-17(14-5-3-4-10-16-14)13-8-6-12(15)7-9-13/h3-10H,2,11H2,1H3. The molecular formula is C14H15FN2. The molecule has 0 saturated carbocycles. The van der Waals surface area contributed by atoms with Crippen LogP contribution in [0.5, 0.6) is 0 Å². The Balaban J connectivity index is 2.32. The highest BCUT2D eigenvalue weighted by molar-refractivity contribution is 5.59. The van der Waals surface area contributed by atoms with Crippen molar-refractivity contribution in [3.05, 3.63) is 54.5 Å². The average Bonchev–Trinajstić information content (AvgIpc) is 2.38. The highest BCUT2D eigenvalue weighted by Crippen LogP contribution is 2.23. The summed E-state index contributed by atoms with van der Waals surface area (Å²) in [6.45, 7) is 2.97. The molecular weight excluding hydrogens is 215 g/mol. The first kappa shape index (κ1) is 11.6. The molecule has 2 rings (SSSR count). The minimum atomic E-state index is -0.216. The number of anilines is 2. The van der Waals surface area contributed by atoms with E-state index in [1.165, 1.54) is 12.1 Å². The SMILES string of the molecule is CCCN(c1ccc(F)cc1)c1ccccn1. The van der Waals surface area contributed by atoms with Crippen LogP contribution in [0.25, 0.3) is 0 Å². The number of hydrogen-bond acceptors (Lipinski definition) is 2. The van der Waals surface area contributed by atoms with Crippen LogP contribution in [-0.4, -0.2) is 11.5 Å². The smallest absolute Gasteiger partial charge is 0.132 e. The molecule has 0 saturated heterocycles. The van der Waals surface area contributed by atoms with Gasteiger partial charge >= 0.3 is 0 Å². The van der Waals surface area contributed by atoms with Crippen LogP contribution >= 0.6 is 0 Å². The average molecular weight is 230 g/mol. The van der Waals surface area contributed by atoms with Crippen LogP contribution < -0.4 is 4.90 Å². The van der Waals surface area contributed by atoms with E-state index in [0.717, 1.165) is 24.5 Å². The minimum Gasteiger partial charge on any atom is -0.326 e. The van der Waals surface area contributed by atoms with Crippen LogP contribution in [0.2, 0.25) is 0 Å². The van der Waals surface area contributed by atoms with Crippen molar-refractivity contribution in [2.75, 3.05) is 11.4 Å². The molecule has 17 heavy (non-hydrogen) atoms. The Bertz CT molecular complexity index is 453. The fourth-order valence-electron chi connectivity index (χ4n) is 1.73. The molecule has 0 amide bonds. The zero-order chi connectivity index (χ0) is 12.1. The number of aromatic nitrogens is 1. The first-order valence-electron chi connectivity index (χ1n) is 5.75. The molecule has 0 aliphatic heterocycles. The normalized spacial score (nSPS) is 10.2. The van der Waals surface area contributed by atoms with Gasteiger partial charge in [-0.15, -0.1) is 0 Å². The van der Waals surface area contributed by atoms with E-state index in [4.69, 9.17) is 0 Å². The van der Waals surface area contributed by atoms with Gasteiger partial charge in [-0.3, -0.25) is 0 Å². The lowest BCUT2D eigenvalue weighted by atomic mass is 10.2. The first-order valence-corrected chi connectivity index (χ1v) is 5.75. The Morgan fingerprint density at radius 3 is 2.47 bits per heavy atom. The summed E-state index contributed by atoms with van der Waals surface area (Å²) in [4.78, 5) is 6.41. The molecule has 0 unspecified atom stereocenters. The quantitative estimate of drug-likeness (QED) is 0.794. The van der Waals surface area contributed by atoms with E-state index in [9.17, 15) is 4.39 Å². The molecule has 0 fully saturated rings. The van der Waals surface area contributed by atoms with Gasteiger partial charge in [-0.2, -0.15) is 0 Å². The van der Waals surface area contributed by atoms with Crippen molar-refractivity contribution in [3.63, 3.8) is 0 Å². The van der Waals surface area contributed by atoms with E-state index in [1.54, 1.807) is 18.3 Å². The summed E-state index contributed by atoms with van der Waals surface area (Å²) in [5, 5.41) is 0. The maximum atomic E-state index is 12.9. The predicted octanol–water partition coefficient (Wildman–Crippen LogP) is 3.77. The van der Waals surface area contributed by atoms with E-state index in [0.29, 0.717) is 0 Å². The molecule has 1 aromatic carbocycles. The third kappa shape index (κ3) is 2.81. The van der Waals surface area contributed by atoms with Gasteiger partial charge in [0.25, 0.3) is 0 Å². The molecule has 0 aliphatic carbocycles. The van der Waals surface area contributed by atoms with Gasteiger partial charge in [0.2, 0.25) is 0 Å². The van der Waals surface area contributed by atoms with Gasteiger partial charge < -0.3 is 4.90 Å². The van der Waals surface area contributed by atoms with Crippen molar-refractivity contribution in [3.8, 4) is 0 Å². The summed E-state index contributed by atoms with van der Waals surface area (Å²) in [6, 6.07) is 12.3. The lowest BCUT2D eigenvalue weighted by molar-refractivity contribution is 0.627. The van der Waals surface area contributed by atoms with Gasteiger partial charge in [-0.25, -0.2) is 9.37 Å². The van der Waals surface area contributed by atoms with Crippen molar-refractivity contribution < 1.29 is 4.39 Å². The Kier molecular flexibility index (Phi) is 3.70. The molecule has 0 radical (unpaired) electrons. The van der Waals surface area contributed by atoms with Crippen molar-refractivity contribution >= 4 is 11.5 Å². The van der Waals surface area contributed by atoms with E-state index >= 15 is 0 Å². The fourth-order valence-corrected chi connectivity index (χ4v) is 1.73. The summed E-state index contributed by atoms with van der Waals surface area (Å²) in [7, 11) is 0. The predicted molar refractivity (Wildman–Crippen MR) is 67.9 cm³/mol. The third-order valence-electron chi connectivity index (χ3n) is 2.51. The van der Waals surface area contributed by atoms with Crippen LogP contribution in [0.15, 0.2) is 48.7 Å². The second-order valence-electron chi connectivity index (χ2n) is 3.82. The third-order valence-corrected chi connectivity index (χ3v) is 2.51. The highest BCUT2D eigenvalue weighted by Gasteiger charge is 2.08. The molecule has 0 aliphatic rings. The molecule has 0 atom stereocenters. The summed E-state index contributed by atoms with van der Waals surface area (Å²) in [5.41, 5.74) is 0.965. The monoisotopic (exact) mass is 230 g/mol. The van der Waals surface area contributed by atoms with Gasteiger partial charge in [-0.05, 0) is 42.8 Å². The number of benzene rings is 1. The Hall–Kier alpha value is -1.90. The zero-order valence-corrected chi connectivity index (χ0v) is 9.81. The number of rotatable bonds is 4. The molecule has 1 aromatic heterocycles. The van der Waals surface area contributed by atoms with Crippen LogP contribution in [0.3, 0.4) is 0 Å². The second kappa shape index (κ2) is 5.43. The molecule has 0 bridgehead atoms. The van der Waals surface area contributed by atoms with E-state index in [1.807, 2.05) is 18.2 Å². The molecule has 3 heteroatoms. The topological polar surface area (TPSA) is 16.1 Å². The molecule has 1 heterocycles. The summed E-state index contributed by atoms with van der Waals surface area (Å²) in [6.07, 6.45) is 2.77. The maximum Gasteiger partial charge on any atom is 0.132 e. The summed E-state index contributed by atoms with van der Waals surface area (Å²) in [5.74, 6) is 0.673. The Morgan fingerprint density at radius 2 is 1.88 bits per heavy atom. The largest absolute Gasteiger partial charge is 0.326 e. The molecule has 0 spiro atoms. The van der Waals surface area contributed by atoms with E-state index in [-0.39, 0.29) is 5.82 Å². The van der Waals surface area contributed by atoms with Crippen molar-refractivity contribution in [1.29, 1.82) is 0 Å². The Morgan fingerprint density at radius 1 is 1.12 bits per heavy atom. The van der Waals surface area contributed by atoms with Crippen LogP contribution in [0.4, 0.5) is 15.9 Å². The number of nitrogens with zero attached hydrogens (tertiary/aromatic N) is 2. The zero-order valence-electron chi connectivity index (χ0n) is 9.81.